The van der Waals surface area contributed by atoms with Gasteiger partial charge in [0.15, 0.2) is 0 Å². The van der Waals surface area contributed by atoms with E-state index in [1.807, 2.05) is 17.0 Å². The van der Waals surface area contributed by atoms with Gasteiger partial charge in [0.05, 0.1) is 6.54 Å². The maximum Gasteiger partial charge on any atom is 0.236 e. The largest absolute Gasteiger partial charge is 0.369 e. The molecule has 0 aliphatic carbocycles. The van der Waals surface area contributed by atoms with Crippen molar-refractivity contribution < 1.29 is 9.18 Å². The molecule has 0 N–H and O–H groups in total. The zero-order valence-electron chi connectivity index (χ0n) is 15.9. The maximum atomic E-state index is 13.1. The second kappa shape index (κ2) is 8.52. The molecule has 28 heavy (non-hydrogen) atoms. The van der Waals surface area contributed by atoms with Crippen LogP contribution in [-0.2, 0) is 4.79 Å². The zero-order valence-corrected chi connectivity index (χ0v) is 15.9. The summed E-state index contributed by atoms with van der Waals surface area (Å²) in [5.74, 6) is 0.697. The Morgan fingerprint density at radius 1 is 0.857 bits per heavy atom. The zero-order chi connectivity index (χ0) is 19.3. The summed E-state index contributed by atoms with van der Waals surface area (Å²) in [6, 6.07) is 8.41. The number of anilines is 2. The van der Waals surface area contributed by atoms with E-state index in [2.05, 4.69) is 24.7 Å². The maximum absolute atomic E-state index is 13.1. The van der Waals surface area contributed by atoms with Gasteiger partial charge < -0.3 is 14.7 Å². The molecular weight excluding hydrogens is 359 g/mol. The minimum Gasteiger partial charge on any atom is -0.369 e. The summed E-state index contributed by atoms with van der Waals surface area (Å²) in [6.45, 7) is 6.73. The Hall–Kier alpha value is -2.74. The predicted molar refractivity (Wildman–Crippen MR) is 106 cm³/mol. The number of piperazine rings is 2. The first-order chi connectivity index (χ1) is 13.7. The van der Waals surface area contributed by atoms with Crippen molar-refractivity contribution in [2.45, 2.75) is 0 Å². The van der Waals surface area contributed by atoms with Gasteiger partial charge in [-0.2, -0.15) is 0 Å². The molecule has 2 fully saturated rings. The number of hydrogen-bond acceptors (Lipinski definition) is 6. The summed E-state index contributed by atoms with van der Waals surface area (Å²) in [6.07, 6.45) is 3.48. The first kappa shape index (κ1) is 18.6. The van der Waals surface area contributed by atoms with Crippen LogP contribution in [-0.4, -0.2) is 84.6 Å². The second-order valence-corrected chi connectivity index (χ2v) is 7.16. The fraction of sp³-hybridized carbons (Fsp3) is 0.450. The predicted octanol–water partition coefficient (Wildman–Crippen LogP) is 1.09. The summed E-state index contributed by atoms with van der Waals surface area (Å²) >= 11 is 0. The molecule has 2 saturated heterocycles. The highest BCUT2D eigenvalue weighted by molar-refractivity contribution is 5.78. The molecule has 0 bridgehead atoms. The summed E-state index contributed by atoms with van der Waals surface area (Å²) in [5, 5.41) is 0. The molecule has 3 heterocycles. The first-order valence-corrected chi connectivity index (χ1v) is 9.72. The van der Waals surface area contributed by atoms with Crippen LogP contribution in [0.5, 0.6) is 0 Å². The van der Waals surface area contributed by atoms with Crippen LogP contribution in [0.1, 0.15) is 0 Å². The lowest BCUT2D eigenvalue weighted by molar-refractivity contribution is -0.132. The standard InChI is InChI=1S/C20H25FN6O/c21-17-2-4-18(5-3-17)25-10-8-24(9-11-25)16-19(28)26-12-14-27(15-13-26)20-22-6-1-7-23-20/h1-7H,8-16H2. The van der Waals surface area contributed by atoms with Gasteiger partial charge in [-0.1, -0.05) is 0 Å². The van der Waals surface area contributed by atoms with Crippen molar-refractivity contribution in [3.05, 3.63) is 48.5 Å². The SMILES string of the molecule is O=C(CN1CCN(c2ccc(F)cc2)CC1)N1CCN(c2ncccn2)CC1. The van der Waals surface area contributed by atoms with Crippen LogP contribution in [0.2, 0.25) is 0 Å². The van der Waals surface area contributed by atoms with Crippen molar-refractivity contribution in [2.24, 2.45) is 0 Å². The number of hydrogen-bond donors (Lipinski definition) is 0. The number of nitrogens with zero attached hydrogens (tertiary/aromatic N) is 6. The minimum atomic E-state index is -0.216. The summed E-state index contributed by atoms with van der Waals surface area (Å²) in [7, 11) is 0. The Balaban J connectivity index is 1.22. The monoisotopic (exact) mass is 384 g/mol. The van der Waals surface area contributed by atoms with Gasteiger partial charge >= 0.3 is 0 Å². The van der Waals surface area contributed by atoms with E-state index in [-0.39, 0.29) is 11.7 Å². The van der Waals surface area contributed by atoms with Crippen molar-refractivity contribution in [2.75, 3.05) is 68.7 Å². The molecule has 7 nitrogen and oxygen atoms in total. The molecule has 0 unspecified atom stereocenters. The highest BCUT2D eigenvalue weighted by Crippen LogP contribution is 2.17. The van der Waals surface area contributed by atoms with Gasteiger partial charge in [-0.25, -0.2) is 14.4 Å². The van der Waals surface area contributed by atoms with Crippen molar-refractivity contribution in [3.63, 3.8) is 0 Å². The van der Waals surface area contributed by atoms with Crippen molar-refractivity contribution in [1.82, 2.24) is 19.8 Å². The fourth-order valence-electron chi connectivity index (χ4n) is 3.72. The van der Waals surface area contributed by atoms with Crippen LogP contribution < -0.4 is 9.80 Å². The van der Waals surface area contributed by atoms with Gasteiger partial charge in [-0.05, 0) is 30.3 Å². The van der Waals surface area contributed by atoms with Gasteiger partial charge in [0.2, 0.25) is 11.9 Å². The quantitative estimate of drug-likeness (QED) is 0.787. The topological polar surface area (TPSA) is 55.8 Å². The Morgan fingerprint density at radius 2 is 1.46 bits per heavy atom. The van der Waals surface area contributed by atoms with E-state index in [1.165, 1.54) is 12.1 Å². The Morgan fingerprint density at radius 3 is 2.11 bits per heavy atom. The van der Waals surface area contributed by atoms with Crippen LogP contribution in [0.25, 0.3) is 0 Å². The van der Waals surface area contributed by atoms with Gasteiger partial charge in [-0.3, -0.25) is 9.69 Å². The van der Waals surface area contributed by atoms with Crippen LogP contribution in [0.15, 0.2) is 42.7 Å². The molecule has 2 aliphatic heterocycles. The molecule has 0 radical (unpaired) electrons. The molecule has 0 atom stereocenters. The van der Waals surface area contributed by atoms with Crippen LogP contribution in [0.3, 0.4) is 0 Å². The smallest absolute Gasteiger partial charge is 0.236 e. The van der Waals surface area contributed by atoms with Gasteiger partial charge in [0.25, 0.3) is 0 Å². The Bertz CT molecular complexity index is 771. The molecule has 1 aromatic heterocycles. The molecule has 1 amide bonds. The minimum absolute atomic E-state index is 0.184. The van der Waals surface area contributed by atoms with E-state index in [0.717, 1.165) is 50.9 Å². The average Bonchev–Trinajstić information content (AvgIpc) is 2.76. The number of benzene rings is 1. The molecule has 0 spiro atoms. The third-order valence-corrected chi connectivity index (χ3v) is 5.39. The third kappa shape index (κ3) is 4.39. The number of carbonyl (C=O) groups excluding carboxylic acids is 1. The summed E-state index contributed by atoms with van der Waals surface area (Å²) in [4.78, 5) is 29.7. The lowest BCUT2D eigenvalue weighted by Gasteiger charge is -2.38. The number of amides is 1. The Kier molecular flexibility index (Phi) is 5.66. The third-order valence-electron chi connectivity index (χ3n) is 5.39. The fourth-order valence-corrected chi connectivity index (χ4v) is 3.72. The molecule has 8 heteroatoms. The molecular formula is C20H25FN6O. The number of rotatable bonds is 4. The second-order valence-electron chi connectivity index (χ2n) is 7.16. The molecule has 0 saturated carbocycles. The van der Waals surface area contributed by atoms with E-state index in [0.29, 0.717) is 19.6 Å². The van der Waals surface area contributed by atoms with Gasteiger partial charge in [0, 0.05) is 70.4 Å². The van der Waals surface area contributed by atoms with E-state index in [9.17, 15) is 9.18 Å². The van der Waals surface area contributed by atoms with Gasteiger partial charge in [0.1, 0.15) is 5.82 Å². The van der Waals surface area contributed by atoms with Crippen LogP contribution in [0.4, 0.5) is 16.0 Å². The molecule has 1 aromatic carbocycles. The number of halogens is 1. The highest BCUT2D eigenvalue weighted by Gasteiger charge is 2.25. The van der Waals surface area contributed by atoms with Crippen LogP contribution >= 0.6 is 0 Å². The van der Waals surface area contributed by atoms with E-state index < -0.39 is 0 Å². The number of aromatic nitrogens is 2. The molecule has 148 valence electrons. The lowest BCUT2D eigenvalue weighted by Crippen LogP contribution is -2.54. The molecule has 2 aliphatic rings. The normalized spacial score (nSPS) is 18.4. The number of carbonyl (C=O) groups is 1. The van der Waals surface area contributed by atoms with Crippen molar-refractivity contribution in [3.8, 4) is 0 Å². The van der Waals surface area contributed by atoms with E-state index in [4.69, 9.17) is 0 Å². The summed E-state index contributed by atoms with van der Waals surface area (Å²) < 4.78 is 13.1. The van der Waals surface area contributed by atoms with E-state index in [1.54, 1.807) is 18.5 Å². The van der Waals surface area contributed by atoms with Gasteiger partial charge in [-0.15, -0.1) is 0 Å². The first-order valence-electron chi connectivity index (χ1n) is 9.72. The summed E-state index contributed by atoms with van der Waals surface area (Å²) in [5.41, 5.74) is 1.03. The van der Waals surface area contributed by atoms with E-state index >= 15 is 0 Å². The van der Waals surface area contributed by atoms with Crippen molar-refractivity contribution in [1.29, 1.82) is 0 Å². The average molecular weight is 384 g/mol. The molecule has 2 aromatic rings. The lowest BCUT2D eigenvalue weighted by atomic mass is 10.2. The molecule has 4 rings (SSSR count). The highest BCUT2D eigenvalue weighted by atomic mass is 19.1. The Labute approximate surface area is 164 Å². The van der Waals surface area contributed by atoms with Crippen molar-refractivity contribution >= 4 is 17.5 Å². The van der Waals surface area contributed by atoms with Crippen LogP contribution in [0, 0.1) is 5.82 Å².